The van der Waals surface area contributed by atoms with Gasteiger partial charge in [0.2, 0.25) is 0 Å². The summed E-state index contributed by atoms with van der Waals surface area (Å²) >= 11 is 0. The summed E-state index contributed by atoms with van der Waals surface area (Å²) in [6.45, 7) is 8.09. The average molecular weight is 252 g/mol. The number of hydrogen-bond donors (Lipinski definition) is 1. The van der Waals surface area contributed by atoms with Gasteiger partial charge in [-0.1, -0.05) is 13.8 Å². The molecule has 0 radical (unpaired) electrons. The standard InChI is InChI=1S/C12H23F3N2/c1-5-11(6-2)7-16-10(3,4)8-17(11)9-12(13,14)15/h16H,5-9H2,1-4H3. The van der Waals surface area contributed by atoms with Crippen molar-refractivity contribution < 1.29 is 13.2 Å². The molecule has 0 aliphatic carbocycles. The van der Waals surface area contributed by atoms with Crippen molar-refractivity contribution in [1.82, 2.24) is 10.2 Å². The van der Waals surface area contributed by atoms with Crippen molar-refractivity contribution in [1.29, 1.82) is 0 Å². The number of rotatable bonds is 3. The Morgan fingerprint density at radius 2 is 1.71 bits per heavy atom. The summed E-state index contributed by atoms with van der Waals surface area (Å²) in [5.41, 5.74) is -0.607. The van der Waals surface area contributed by atoms with Crippen molar-refractivity contribution in [3.63, 3.8) is 0 Å². The minimum Gasteiger partial charge on any atom is -0.309 e. The fourth-order valence-electron chi connectivity index (χ4n) is 2.60. The minimum absolute atomic E-state index is 0.251. The second kappa shape index (κ2) is 4.76. The molecule has 17 heavy (non-hydrogen) atoms. The molecule has 0 atom stereocenters. The van der Waals surface area contributed by atoms with Crippen molar-refractivity contribution in [3.8, 4) is 0 Å². The molecule has 1 fully saturated rings. The fourth-order valence-corrected chi connectivity index (χ4v) is 2.60. The van der Waals surface area contributed by atoms with Gasteiger partial charge in [0.25, 0.3) is 0 Å². The SMILES string of the molecule is CCC1(CC)CNC(C)(C)CN1CC(F)(F)F. The molecule has 1 aliphatic rings. The van der Waals surface area contributed by atoms with Crippen LogP contribution in [0.5, 0.6) is 0 Å². The van der Waals surface area contributed by atoms with Crippen LogP contribution in [0.15, 0.2) is 0 Å². The molecule has 1 saturated heterocycles. The molecule has 1 N–H and O–H groups in total. The third-order valence-corrected chi connectivity index (χ3v) is 3.84. The third kappa shape index (κ3) is 3.58. The molecule has 0 spiro atoms. The van der Waals surface area contributed by atoms with Crippen LogP contribution in [0.2, 0.25) is 0 Å². The van der Waals surface area contributed by atoms with Gasteiger partial charge >= 0.3 is 6.18 Å². The second-order valence-corrected chi connectivity index (χ2v) is 5.64. The van der Waals surface area contributed by atoms with Crippen LogP contribution in [-0.4, -0.2) is 41.8 Å². The van der Waals surface area contributed by atoms with Gasteiger partial charge in [-0.15, -0.1) is 0 Å². The fraction of sp³-hybridized carbons (Fsp3) is 1.00. The molecule has 0 aromatic carbocycles. The predicted molar refractivity (Wildman–Crippen MR) is 63.0 cm³/mol. The average Bonchev–Trinajstić information content (AvgIpc) is 2.16. The Kier molecular flexibility index (Phi) is 4.14. The lowest BCUT2D eigenvalue weighted by Crippen LogP contribution is -2.69. The summed E-state index contributed by atoms with van der Waals surface area (Å²) in [4.78, 5) is 1.61. The van der Waals surface area contributed by atoms with Crippen molar-refractivity contribution >= 4 is 0 Å². The summed E-state index contributed by atoms with van der Waals surface area (Å²) in [6, 6.07) is 0. The molecule has 2 nitrogen and oxygen atoms in total. The zero-order chi connectivity index (χ0) is 13.3. The normalized spacial score (nSPS) is 24.9. The highest BCUT2D eigenvalue weighted by molar-refractivity contribution is 5.01. The molecule has 1 aliphatic heterocycles. The zero-order valence-electron chi connectivity index (χ0n) is 11.1. The number of nitrogens with zero attached hydrogens (tertiary/aromatic N) is 1. The highest BCUT2D eigenvalue weighted by atomic mass is 19.4. The van der Waals surface area contributed by atoms with Gasteiger partial charge in [-0.2, -0.15) is 13.2 Å². The summed E-state index contributed by atoms with van der Waals surface area (Å²) in [5.74, 6) is 0. The summed E-state index contributed by atoms with van der Waals surface area (Å²) in [7, 11) is 0. The van der Waals surface area contributed by atoms with Crippen molar-refractivity contribution in [2.75, 3.05) is 19.6 Å². The predicted octanol–water partition coefficient (Wildman–Crippen LogP) is 2.79. The molecule has 0 amide bonds. The lowest BCUT2D eigenvalue weighted by molar-refractivity contribution is -0.168. The lowest BCUT2D eigenvalue weighted by atomic mass is 9.84. The Bertz CT molecular complexity index is 255. The number of nitrogens with one attached hydrogen (secondary N) is 1. The number of alkyl halides is 3. The molecule has 102 valence electrons. The molecule has 0 saturated carbocycles. The molecule has 0 bridgehead atoms. The van der Waals surface area contributed by atoms with Crippen LogP contribution >= 0.6 is 0 Å². The monoisotopic (exact) mass is 252 g/mol. The largest absolute Gasteiger partial charge is 0.401 e. The van der Waals surface area contributed by atoms with E-state index in [4.69, 9.17) is 0 Å². The van der Waals surface area contributed by atoms with Gasteiger partial charge in [0.1, 0.15) is 0 Å². The van der Waals surface area contributed by atoms with Crippen LogP contribution in [-0.2, 0) is 0 Å². The van der Waals surface area contributed by atoms with Gasteiger partial charge in [-0.3, -0.25) is 4.90 Å². The Labute approximate surface area is 102 Å². The van der Waals surface area contributed by atoms with Crippen molar-refractivity contribution in [3.05, 3.63) is 0 Å². The van der Waals surface area contributed by atoms with E-state index in [9.17, 15) is 13.2 Å². The van der Waals surface area contributed by atoms with E-state index in [0.29, 0.717) is 13.1 Å². The third-order valence-electron chi connectivity index (χ3n) is 3.84. The quantitative estimate of drug-likeness (QED) is 0.831. The Hall–Kier alpha value is -0.290. The first-order valence-corrected chi connectivity index (χ1v) is 6.21. The second-order valence-electron chi connectivity index (χ2n) is 5.64. The molecule has 1 rings (SSSR count). The smallest absolute Gasteiger partial charge is 0.309 e. The summed E-state index contributed by atoms with van der Waals surface area (Å²) < 4.78 is 37.9. The van der Waals surface area contributed by atoms with Gasteiger partial charge in [0, 0.05) is 24.2 Å². The Balaban J connectivity index is 2.89. The van der Waals surface area contributed by atoms with Crippen molar-refractivity contribution in [2.45, 2.75) is 57.8 Å². The molecular weight excluding hydrogens is 229 g/mol. The highest BCUT2D eigenvalue weighted by Gasteiger charge is 2.45. The topological polar surface area (TPSA) is 15.3 Å². The number of hydrogen-bond acceptors (Lipinski definition) is 2. The van der Waals surface area contributed by atoms with Crippen molar-refractivity contribution in [2.24, 2.45) is 0 Å². The van der Waals surface area contributed by atoms with Crippen LogP contribution in [0.1, 0.15) is 40.5 Å². The molecule has 0 aromatic rings. The maximum atomic E-state index is 12.6. The maximum absolute atomic E-state index is 12.6. The highest BCUT2D eigenvalue weighted by Crippen LogP contribution is 2.32. The van der Waals surface area contributed by atoms with Gasteiger partial charge in [0.15, 0.2) is 0 Å². The molecule has 5 heteroatoms. The van der Waals surface area contributed by atoms with E-state index >= 15 is 0 Å². The summed E-state index contributed by atoms with van der Waals surface area (Å²) in [5, 5.41) is 3.36. The first-order valence-electron chi connectivity index (χ1n) is 6.21. The van der Waals surface area contributed by atoms with Crippen LogP contribution in [0.4, 0.5) is 13.2 Å². The van der Waals surface area contributed by atoms with Gasteiger partial charge in [-0.05, 0) is 26.7 Å². The number of piperazine rings is 1. The van der Waals surface area contributed by atoms with E-state index in [1.54, 1.807) is 4.90 Å². The van der Waals surface area contributed by atoms with E-state index in [2.05, 4.69) is 5.32 Å². The lowest BCUT2D eigenvalue weighted by Gasteiger charge is -2.52. The van der Waals surface area contributed by atoms with E-state index in [1.807, 2.05) is 27.7 Å². The molecular formula is C12H23F3N2. The van der Waals surface area contributed by atoms with Crippen LogP contribution in [0.3, 0.4) is 0 Å². The van der Waals surface area contributed by atoms with E-state index in [0.717, 1.165) is 12.8 Å². The molecule has 1 heterocycles. The molecule has 0 aromatic heterocycles. The van der Waals surface area contributed by atoms with Crippen LogP contribution in [0, 0.1) is 0 Å². The van der Waals surface area contributed by atoms with E-state index in [-0.39, 0.29) is 11.1 Å². The van der Waals surface area contributed by atoms with Gasteiger partial charge < -0.3 is 5.32 Å². The van der Waals surface area contributed by atoms with E-state index < -0.39 is 12.7 Å². The van der Waals surface area contributed by atoms with E-state index in [1.165, 1.54) is 0 Å². The summed E-state index contributed by atoms with van der Waals surface area (Å²) in [6.07, 6.45) is -2.64. The number of halogens is 3. The zero-order valence-corrected chi connectivity index (χ0v) is 11.1. The first-order chi connectivity index (χ1) is 7.64. The van der Waals surface area contributed by atoms with Crippen LogP contribution < -0.4 is 5.32 Å². The Morgan fingerprint density at radius 1 is 1.18 bits per heavy atom. The van der Waals surface area contributed by atoms with Gasteiger partial charge in [-0.25, -0.2) is 0 Å². The van der Waals surface area contributed by atoms with Gasteiger partial charge in [0.05, 0.1) is 6.54 Å². The first kappa shape index (κ1) is 14.8. The van der Waals surface area contributed by atoms with Crippen LogP contribution in [0.25, 0.3) is 0 Å². The molecule has 0 unspecified atom stereocenters. The Morgan fingerprint density at radius 3 is 2.12 bits per heavy atom. The minimum atomic E-state index is -4.12. The maximum Gasteiger partial charge on any atom is 0.401 e.